The van der Waals surface area contributed by atoms with Crippen LogP contribution in [0, 0.1) is 0 Å². The van der Waals surface area contributed by atoms with Crippen molar-refractivity contribution in [2.45, 2.75) is 13.3 Å². The molecule has 0 fully saturated rings. The van der Waals surface area contributed by atoms with Crippen LogP contribution in [0.5, 0.6) is 0 Å². The molecule has 7 heteroatoms. The first-order valence-electron chi connectivity index (χ1n) is 6.93. The quantitative estimate of drug-likeness (QED) is 0.510. The molecule has 1 rings (SSSR count). The molecule has 0 spiro atoms. The Balaban J connectivity index is 2.34. The number of amides is 1. The molecule has 0 aromatic carbocycles. The zero-order chi connectivity index (χ0) is 15.5. The monoisotopic (exact) mass is 315 g/mol. The summed E-state index contributed by atoms with van der Waals surface area (Å²) in [6.07, 6.45) is 0.744. The van der Waals surface area contributed by atoms with E-state index < -0.39 is 0 Å². The summed E-state index contributed by atoms with van der Waals surface area (Å²) >= 11 is 5.90. The van der Waals surface area contributed by atoms with E-state index >= 15 is 0 Å². The zero-order valence-corrected chi connectivity index (χ0v) is 13.2. The molecule has 2 N–H and O–H groups in total. The van der Waals surface area contributed by atoms with E-state index in [1.807, 2.05) is 6.92 Å². The number of pyridine rings is 1. The molecule has 1 heterocycles. The summed E-state index contributed by atoms with van der Waals surface area (Å²) in [4.78, 5) is 16.1. The summed E-state index contributed by atoms with van der Waals surface area (Å²) in [6.45, 7) is 4.94. The first kappa shape index (κ1) is 17.7. The van der Waals surface area contributed by atoms with Crippen molar-refractivity contribution in [2.75, 3.05) is 45.3 Å². The standard InChI is InChI=1S/C14H22ClN3O3/c1-3-16-13-10-11(9-12(15)18-13)14(19)17-5-4-6-21-8-7-20-2/h9-10H,3-8H2,1-2H3,(H,16,18)(H,17,19). The second kappa shape index (κ2) is 10.4. The van der Waals surface area contributed by atoms with Crippen LogP contribution < -0.4 is 10.6 Å². The maximum Gasteiger partial charge on any atom is 0.251 e. The molecule has 0 unspecified atom stereocenters. The molecule has 0 aliphatic heterocycles. The minimum atomic E-state index is -0.171. The van der Waals surface area contributed by atoms with Gasteiger partial charge < -0.3 is 20.1 Å². The van der Waals surface area contributed by atoms with Crippen LogP contribution >= 0.6 is 11.6 Å². The van der Waals surface area contributed by atoms with Gasteiger partial charge in [-0.15, -0.1) is 0 Å². The minimum absolute atomic E-state index is 0.171. The highest BCUT2D eigenvalue weighted by molar-refractivity contribution is 6.29. The molecule has 0 radical (unpaired) electrons. The largest absolute Gasteiger partial charge is 0.382 e. The molecule has 21 heavy (non-hydrogen) atoms. The SMILES string of the molecule is CCNc1cc(C(=O)NCCCOCCOC)cc(Cl)n1. The number of hydrogen-bond donors (Lipinski definition) is 2. The molecule has 118 valence electrons. The molecule has 0 aliphatic carbocycles. The molecule has 0 saturated heterocycles. The predicted octanol–water partition coefficient (Wildman–Crippen LogP) is 1.95. The van der Waals surface area contributed by atoms with Crippen LogP contribution in [0.4, 0.5) is 5.82 Å². The van der Waals surface area contributed by atoms with Gasteiger partial charge in [-0.2, -0.15) is 0 Å². The second-order valence-electron chi connectivity index (χ2n) is 4.31. The molecule has 1 amide bonds. The molecule has 0 atom stereocenters. The fraction of sp³-hybridized carbons (Fsp3) is 0.571. The Kier molecular flexibility index (Phi) is 8.73. The topological polar surface area (TPSA) is 72.5 Å². The number of anilines is 1. The Morgan fingerprint density at radius 2 is 2.14 bits per heavy atom. The Morgan fingerprint density at radius 3 is 2.86 bits per heavy atom. The smallest absolute Gasteiger partial charge is 0.251 e. The van der Waals surface area contributed by atoms with E-state index in [0.717, 1.165) is 6.42 Å². The van der Waals surface area contributed by atoms with E-state index in [9.17, 15) is 4.79 Å². The molecule has 0 saturated carbocycles. The van der Waals surface area contributed by atoms with E-state index in [1.165, 1.54) is 0 Å². The molecular weight excluding hydrogens is 294 g/mol. The highest BCUT2D eigenvalue weighted by Crippen LogP contribution is 2.14. The van der Waals surface area contributed by atoms with Gasteiger partial charge >= 0.3 is 0 Å². The van der Waals surface area contributed by atoms with Crippen LogP contribution in [0.2, 0.25) is 5.15 Å². The lowest BCUT2D eigenvalue weighted by atomic mass is 10.2. The van der Waals surface area contributed by atoms with Crippen LogP contribution in [0.1, 0.15) is 23.7 Å². The number of methoxy groups -OCH3 is 1. The number of rotatable bonds is 10. The Hall–Kier alpha value is -1.37. The Bertz CT molecular complexity index is 443. The average molecular weight is 316 g/mol. The maximum atomic E-state index is 12.0. The van der Waals surface area contributed by atoms with Gasteiger partial charge in [0.25, 0.3) is 5.91 Å². The van der Waals surface area contributed by atoms with Gasteiger partial charge in [0.2, 0.25) is 0 Å². The van der Waals surface area contributed by atoms with Crippen LogP contribution in [0.25, 0.3) is 0 Å². The Labute approximate surface area is 130 Å². The number of halogens is 1. The lowest BCUT2D eigenvalue weighted by Gasteiger charge is -2.08. The predicted molar refractivity (Wildman–Crippen MR) is 83.1 cm³/mol. The number of carbonyl (C=O) groups is 1. The van der Waals surface area contributed by atoms with Gasteiger partial charge in [-0.05, 0) is 25.5 Å². The van der Waals surface area contributed by atoms with Crippen LogP contribution in [-0.2, 0) is 9.47 Å². The fourth-order valence-electron chi connectivity index (χ4n) is 1.62. The van der Waals surface area contributed by atoms with E-state index in [0.29, 0.717) is 49.4 Å². The summed E-state index contributed by atoms with van der Waals surface area (Å²) < 4.78 is 10.2. The first-order chi connectivity index (χ1) is 10.2. The summed E-state index contributed by atoms with van der Waals surface area (Å²) in [7, 11) is 1.63. The van der Waals surface area contributed by atoms with Crippen molar-refractivity contribution in [2.24, 2.45) is 0 Å². The summed E-state index contributed by atoms with van der Waals surface area (Å²) in [5.41, 5.74) is 0.492. The lowest BCUT2D eigenvalue weighted by molar-refractivity contribution is 0.0688. The van der Waals surface area contributed by atoms with Crippen molar-refractivity contribution in [3.8, 4) is 0 Å². The van der Waals surface area contributed by atoms with Gasteiger partial charge in [-0.25, -0.2) is 4.98 Å². The third kappa shape index (κ3) is 7.27. The number of aromatic nitrogens is 1. The zero-order valence-electron chi connectivity index (χ0n) is 12.4. The van der Waals surface area contributed by atoms with E-state index in [-0.39, 0.29) is 5.91 Å². The minimum Gasteiger partial charge on any atom is -0.382 e. The van der Waals surface area contributed by atoms with Crippen LogP contribution in [-0.4, -0.2) is 50.9 Å². The Morgan fingerprint density at radius 1 is 1.33 bits per heavy atom. The lowest BCUT2D eigenvalue weighted by Crippen LogP contribution is -2.25. The number of ether oxygens (including phenoxy) is 2. The summed E-state index contributed by atoms with van der Waals surface area (Å²) in [6, 6.07) is 3.23. The van der Waals surface area contributed by atoms with Crippen molar-refractivity contribution in [1.29, 1.82) is 0 Å². The average Bonchev–Trinajstić information content (AvgIpc) is 2.46. The van der Waals surface area contributed by atoms with Crippen molar-refractivity contribution in [1.82, 2.24) is 10.3 Å². The first-order valence-corrected chi connectivity index (χ1v) is 7.31. The van der Waals surface area contributed by atoms with Gasteiger partial charge in [0.1, 0.15) is 11.0 Å². The van der Waals surface area contributed by atoms with Crippen molar-refractivity contribution >= 4 is 23.3 Å². The molecule has 1 aromatic rings. The van der Waals surface area contributed by atoms with Gasteiger partial charge in [-0.1, -0.05) is 11.6 Å². The number of nitrogens with zero attached hydrogens (tertiary/aromatic N) is 1. The normalized spacial score (nSPS) is 10.4. The summed E-state index contributed by atoms with van der Waals surface area (Å²) in [5.74, 6) is 0.424. The molecular formula is C14H22ClN3O3. The maximum absolute atomic E-state index is 12.0. The van der Waals surface area contributed by atoms with Gasteiger partial charge in [-0.3, -0.25) is 4.79 Å². The molecule has 0 bridgehead atoms. The molecule has 6 nitrogen and oxygen atoms in total. The van der Waals surface area contributed by atoms with Gasteiger partial charge in [0.05, 0.1) is 13.2 Å². The number of hydrogen-bond acceptors (Lipinski definition) is 5. The van der Waals surface area contributed by atoms with E-state index in [1.54, 1.807) is 19.2 Å². The highest BCUT2D eigenvalue weighted by Gasteiger charge is 2.08. The van der Waals surface area contributed by atoms with E-state index in [4.69, 9.17) is 21.1 Å². The van der Waals surface area contributed by atoms with Crippen LogP contribution in [0.3, 0.4) is 0 Å². The van der Waals surface area contributed by atoms with Crippen molar-refractivity contribution < 1.29 is 14.3 Å². The third-order valence-electron chi connectivity index (χ3n) is 2.60. The molecule has 0 aliphatic rings. The fourth-order valence-corrected chi connectivity index (χ4v) is 1.83. The number of nitrogens with one attached hydrogen (secondary N) is 2. The van der Waals surface area contributed by atoms with Crippen molar-refractivity contribution in [3.63, 3.8) is 0 Å². The molecule has 1 aromatic heterocycles. The summed E-state index contributed by atoms with van der Waals surface area (Å²) in [5, 5.41) is 6.15. The van der Waals surface area contributed by atoms with Gasteiger partial charge in [0.15, 0.2) is 0 Å². The third-order valence-corrected chi connectivity index (χ3v) is 2.79. The van der Waals surface area contributed by atoms with Crippen molar-refractivity contribution in [3.05, 3.63) is 22.8 Å². The second-order valence-corrected chi connectivity index (χ2v) is 4.70. The van der Waals surface area contributed by atoms with Crippen LogP contribution in [0.15, 0.2) is 12.1 Å². The number of carbonyl (C=O) groups excluding carboxylic acids is 1. The highest BCUT2D eigenvalue weighted by atomic mass is 35.5. The van der Waals surface area contributed by atoms with Gasteiger partial charge in [0, 0.05) is 32.4 Å². The van der Waals surface area contributed by atoms with E-state index in [2.05, 4.69) is 15.6 Å².